The zero-order valence-electron chi connectivity index (χ0n) is 13.0. The Labute approximate surface area is 126 Å². The van der Waals surface area contributed by atoms with Gasteiger partial charge in [0.05, 0.1) is 6.61 Å². The van der Waals surface area contributed by atoms with E-state index in [-0.39, 0.29) is 23.9 Å². The van der Waals surface area contributed by atoms with Gasteiger partial charge in [-0.05, 0) is 37.5 Å². The minimum atomic E-state index is -0.338. The molecule has 0 bridgehead atoms. The molecule has 2 heterocycles. The van der Waals surface area contributed by atoms with E-state index in [4.69, 9.17) is 4.74 Å². The van der Waals surface area contributed by atoms with Crippen molar-refractivity contribution in [3.05, 3.63) is 0 Å². The molecule has 0 aromatic heterocycles. The first-order valence-corrected chi connectivity index (χ1v) is 8.25. The lowest BCUT2D eigenvalue weighted by molar-refractivity contribution is -0.151. The summed E-state index contributed by atoms with van der Waals surface area (Å²) in [5.41, 5.74) is 0. The molecule has 21 heavy (non-hydrogen) atoms. The molecule has 2 saturated heterocycles. The lowest BCUT2D eigenvalue weighted by atomic mass is 9.95. The highest BCUT2D eigenvalue weighted by molar-refractivity contribution is 5.97. The molecule has 0 radical (unpaired) electrons. The lowest BCUT2D eigenvalue weighted by Gasteiger charge is -2.40. The number of amides is 2. The Hall–Kier alpha value is -1.10. The summed E-state index contributed by atoms with van der Waals surface area (Å²) in [6, 6.07) is -0.573. The van der Waals surface area contributed by atoms with Crippen molar-refractivity contribution in [3.63, 3.8) is 0 Å². The number of carbonyl (C=O) groups excluding carboxylic acids is 2. The molecule has 118 valence electrons. The highest BCUT2D eigenvalue weighted by Crippen LogP contribution is 2.38. The molecule has 3 fully saturated rings. The van der Waals surface area contributed by atoms with Gasteiger partial charge < -0.3 is 15.0 Å². The van der Waals surface area contributed by atoms with Crippen molar-refractivity contribution < 1.29 is 14.3 Å². The summed E-state index contributed by atoms with van der Waals surface area (Å²) < 4.78 is 5.42. The summed E-state index contributed by atoms with van der Waals surface area (Å²) in [6.45, 7) is 6.35. The summed E-state index contributed by atoms with van der Waals surface area (Å²) in [5, 5.41) is 2.96. The molecule has 3 atom stereocenters. The number of piperazine rings is 1. The van der Waals surface area contributed by atoms with Crippen LogP contribution in [0.2, 0.25) is 0 Å². The predicted molar refractivity (Wildman–Crippen MR) is 78.5 cm³/mol. The van der Waals surface area contributed by atoms with E-state index < -0.39 is 0 Å². The minimum absolute atomic E-state index is 0.0571. The van der Waals surface area contributed by atoms with Gasteiger partial charge in [0.1, 0.15) is 12.1 Å². The van der Waals surface area contributed by atoms with Gasteiger partial charge in [0.15, 0.2) is 0 Å². The average Bonchev–Trinajstić information content (AvgIpc) is 3.11. The fourth-order valence-electron chi connectivity index (χ4n) is 3.52. The van der Waals surface area contributed by atoms with E-state index in [2.05, 4.69) is 19.2 Å². The van der Waals surface area contributed by atoms with Crippen LogP contribution in [0.25, 0.3) is 0 Å². The first-order chi connectivity index (χ1) is 10.1. The van der Waals surface area contributed by atoms with Crippen LogP contribution in [0.15, 0.2) is 0 Å². The zero-order chi connectivity index (χ0) is 15.0. The second-order valence-electron chi connectivity index (χ2n) is 7.19. The van der Waals surface area contributed by atoms with Crippen molar-refractivity contribution in [2.75, 3.05) is 19.8 Å². The van der Waals surface area contributed by atoms with Crippen LogP contribution < -0.4 is 5.32 Å². The van der Waals surface area contributed by atoms with E-state index in [0.717, 1.165) is 38.9 Å². The van der Waals surface area contributed by atoms with Crippen molar-refractivity contribution in [1.82, 2.24) is 10.2 Å². The van der Waals surface area contributed by atoms with Crippen LogP contribution in [-0.4, -0.2) is 48.6 Å². The number of nitrogens with one attached hydrogen (secondary N) is 1. The summed E-state index contributed by atoms with van der Waals surface area (Å²) in [4.78, 5) is 27.1. The van der Waals surface area contributed by atoms with Crippen LogP contribution in [0.5, 0.6) is 0 Å². The van der Waals surface area contributed by atoms with Crippen molar-refractivity contribution in [2.24, 2.45) is 17.8 Å². The van der Waals surface area contributed by atoms with Crippen LogP contribution in [0.1, 0.15) is 39.5 Å². The van der Waals surface area contributed by atoms with Crippen LogP contribution in [0.4, 0.5) is 0 Å². The molecular weight excluding hydrogens is 268 g/mol. The van der Waals surface area contributed by atoms with Crippen LogP contribution in [0, 0.1) is 17.8 Å². The summed E-state index contributed by atoms with van der Waals surface area (Å²) in [6.07, 6.45) is 3.85. The molecule has 5 heteroatoms. The smallest absolute Gasteiger partial charge is 0.245 e. The van der Waals surface area contributed by atoms with Gasteiger partial charge in [-0.1, -0.05) is 13.8 Å². The summed E-state index contributed by atoms with van der Waals surface area (Å²) in [7, 11) is 0. The first kappa shape index (κ1) is 14.8. The second kappa shape index (κ2) is 5.95. The van der Waals surface area contributed by atoms with Gasteiger partial charge in [-0.2, -0.15) is 0 Å². The number of hydrogen-bond donors (Lipinski definition) is 1. The van der Waals surface area contributed by atoms with Gasteiger partial charge >= 0.3 is 0 Å². The maximum absolute atomic E-state index is 12.8. The molecular formula is C16H26N2O3. The summed E-state index contributed by atoms with van der Waals surface area (Å²) >= 11 is 0. The molecule has 3 rings (SSSR count). The van der Waals surface area contributed by atoms with Crippen LogP contribution in [-0.2, 0) is 14.3 Å². The minimum Gasteiger partial charge on any atom is -0.381 e. The normalized spacial score (nSPS) is 33.7. The summed E-state index contributed by atoms with van der Waals surface area (Å²) in [5.74, 6) is 1.33. The first-order valence-electron chi connectivity index (χ1n) is 8.25. The lowest BCUT2D eigenvalue weighted by Crippen LogP contribution is -2.65. The van der Waals surface area contributed by atoms with Crippen molar-refractivity contribution >= 4 is 11.8 Å². The predicted octanol–water partition coefficient (Wildman–Crippen LogP) is 1.17. The Morgan fingerprint density at radius 1 is 1.29 bits per heavy atom. The van der Waals surface area contributed by atoms with E-state index in [0.29, 0.717) is 24.3 Å². The van der Waals surface area contributed by atoms with Crippen LogP contribution >= 0.6 is 0 Å². The van der Waals surface area contributed by atoms with E-state index in [9.17, 15) is 9.59 Å². The van der Waals surface area contributed by atoms with Gasteiger partial charge in [0.25, 0.3) is 0 Å². The molecule has 3 aliphatic rings. The third kappa shape index (κ3) is 3.23. The van der Waals surface area contributed by atoms with E-state index >= 15 is 0 Å². The Morgan fingerprint density at radius 2 is 2.05 bits per heavy atom. The Balaban J connectivity index is 1.74. The maximum atomic E-state index is 12.8. The number of carbonyl (C=O) groups is 2. The SMILES string of the molecule is CC(C)CC1NC(=O)C(C2CC2)N(CC2CCOC2)C1=O. The molecule has 2 aliphatic heterocycles. The molecule has 3 unspecified atom stereocenters. The molecule has 1 N–H and O–H groups in total. The molecule has 1 aliphatic carbocycles. The fourth-order valence-corrected chi connectivity index (χ4v) is 3.52. The highest BCUT2D eigenvalue weighted by Gasteiger charge is 2.48. The van der Waals surface area contributed by atoms with Gasteiger partial charge in [0, 0.05) is 19.1 Å². The number of ether oxygens (including phenoxy) is 1. The largest absolute Gasteiger partial charge is 0.381 e. The maximum Gasteiger partial charge on any atom is 0.245 e. The monoisotopic (exact) mass is 294 g/mol. The number of nitrogens with zero attached hydrogens (tertiary/aromatic N) is 1. The van der Waals surface area contributed by atoms with Crippen molar-refractivity contribution in [2.45, 2.75) is 51.6 Å². The third-order valence-electron chi connectivity index (χ3n) is 4.76. The molecule has 1 saturated carbocycles. The van der Waals surface area contributed by atoms with E-state index in [1.54, 1.807) is 0 Å². The Bertz CT molecular complexity index is 414. The zero-order valence-corrected chi connectivity index (χ0v) is 13.0. The van der Waals surface area contributed by atoms with E-state index in [1.165, 1.54) is 0 Å². The fraction of sp³-hybridized carbons (Fsp3) is 0.875. The second-order valence-corrected chi connectivity index (χ2v) is 7.19. The third-order valence-corrected chi connectivity index (χ3v) is 4.76. The number of hydrogen-bond acceptors (Lipinski definition) is 3. The quantitative estimate of drug-likeness (QED) is 0.828. The van der Waals surface area contributed by atoms with Gasteiger partial charge in [-0.15, -0.1) is 0 Å². The van der Waals surface area contributed by atoms with E-state index in [1.807, 2.05) is 4.90 Å². The average molecular weight is 294 g/mol. The Kier molecular flexibility index (Phi) is 4.20. The number of rotatable bonds is 5. The topological polar surface area (TPSA) is 58.6 Å². The van der Waals surface area contributed by atoms with Crippen LogP contribution in [0.3, 0.4) is 0 Å². The van der Waals surface area contributed by atoms with Crippen molar-refractivity contribution in [3.8, 4) is 0 Å². The van der Waals surface area contributed by atoms with Gasteiger partial charge in [0.2, 0.25) is 11.8 Å². The highest BCUT2D eigenvalue weighted by atomic mass is 16.5. The molecule has 5 nitrogen and oxygen atoms in total. The molecule has 0 aromatic carbocycles. The van der Waals surface area contributed by atoms with Gasteiger partial charge in [-0.3, -0.25) is 9.59 Å². The molecule has 0 spiro atoms. The standard InChI is InChI=1S/C16H26N2O3/c1-10(2)7-13-16(20)18(8-11-5-6-21-9-11)14(12-3-4-12)15(19)17-13/h10-14H,3-9H2,1-2H3,(H,17,19). The molecule has 0 aromatic rings. The van der Waals surface area contributed by atoms with Gasteiger partial charge in [-0.25, -0.2) is 0 Å². The van der Waals surface area contributed by atoms with Crippen molar-refractivity contribution in [1.29, 1.82) is 0 Å². The Morgan fingerprint density at radius 3 is 2.62 bits per heavy atom. The molecule has 2 amide bonds.